The molecule has 1 unspecified atom stereocenters. The van der Waals surface area contributed by atoms with Gasteiger partial charge in [0, 0.05) is 45.8 Å². The summed E-state index contributed by atoms with van der Waals surface area (Å²) in [6.45, 7) is 6.96. The zero-order valence-corrected chi connectivity index (χ0v) is 13.4. The average Bonchev–Trinajstić information content (AvgIpc) is 2.63. The monoisotopic (exact) mass is 319 g/mol. The first-order valence-corrected chi connectivity index (χ1v) is 8.34. The summed E-state index contributed by atoms with van der Waals surface area (Å²) < 4.78 is 11.3. The van der Waals surface area contributed by atoms with Crippen molar-refractivity contribution in [3.63, 3.8) is 0 Å². The molecule has 1 atom stereocenters. The topological polar surface area (TPSA) is 54.0 Å². The molecular formula is C17H25N3O3. The summed E-state index contributed by atoms with van der Waals surface area (Å²) in [6.07, 6.45) is -0.309. The number of nitrogens with zero attached hydrogens (tertiary/aromatic N) is 2. The van der Waals surface area contributed by atoms with Gasteiger partial charge in [-0.25, -0.2) is 0 Å². The molecule has 0 saturated carbocycles. The standard InChI is InChI=1S/C17H25N3O3/c21-17(16-14-18-6-12-23-16)20-9-7-19(8-10-20)11-13-22-15-4-2-1-3-5-15/h1-5,16,18H,6-14H2. The maximum atomic E-state index is 12.4. The summed E-state index contributed by atoms with van der Waals surface area (Å²) in [5.74, 6) is 1.03. The van der Waals surface area contributed by atoms with Gasteiger partial charge in [0.25, 0.3) is 5.91 Å². The number of hydrogen-bond donors (Lipinski definition) is 1. The van der Waals surface area contributed by atoms with Gasteiger partial charge in [-0.3, -0.25) is 9.69 Å². The molecule has 0 aromatic heterocycles. The van der Waals surface area contributed by atoms with E-state index in [2.05, 4.69) is 10.2 Å². The van der Waals surface area contributed by atoms with Crippen LogP contribution in [0, 0.1) is 0 Å². The predicted molar refractivity (Wildman–Crippen MR) is 87.6 cm³/mol. The van der Waals surface area contributed by atoms with Gasteiger partial charge < -0.3 is 19.7 Å². The lowest BCUT2D eigenvalue weighted by Crippen LogP contribution is -2.55. The van der Waals surface area contributed by atoms with E-state index in [1.807, 2.05) is 35.2 Å². The number of para-hydroxylation sites is 1. The number of morpholine rings is 1. The number of carbonyl (C=O) groups excluding carboxylic acids is 1. The second-order valence-corrected chi connectivity index (χ2v) is 5.89. The minimum Gasteiger partial charge on any atom is -0.492 e. The Labute approximate surface area is 137 Å². The van der Waals surface area contributed by atoms with Crippen molar-refractivity contribution in [3.05, 3.63) is 30.3 Å². The Hall–Kier alpha value is -1.63. The molecule has 0 spiro atoms. The van der Waals surface area contributed by atoms with Gasteiger partial charge in [-0.2, -0.15) is 0 Å². The first-order valence-electron chi connectivity index (χ1n) is 8.34. The molecule has 2 heterocycles. The SMILES string of the molecule is O=C(C1CNCCO1)N1CCN(CCOc2ccccc2)CC1. The summed E-state index contributed by atoms with van der Waals surface area (Å²) >= 11 is 0. The van der Waals surface area contributed by atoms with Crippen LogP contribution in [0.5, 0.6) is 5.75 Å². The van der Waals surface area contributed by atoms with Crippen LogP contribution in [0.3, 0.4) is 0 Å². The molecular weight excluding hydrogens is 294 g/mol. The summed E-state index contributed by atoms with van der Waals surface area (Å²) in [5, 5.41) is 3.21. The lowest BCUT2D eigenvalue weighted by molar-refractivity contribution is -0.147. The molecule has 3 rings (SSSR count). The van der Waals surface area contributed by atoms with E-state index in [1.54, 1.807) is 0 Å². The highest BCUT2D eigenvalue weighted by Crippen LogP contribution is 2.10. The quantitative estimate of drug-likeness (QED) is 0.840. The number of benzene rings is 1. The van der Waals surface area contributed by atoms with Crippen molar-refractivity contribution in [2.45, 2.75) is 6.10 Å². The van der Waals surface area contributed by atoms with Crippen molar-refractivity contribution in [1.82, 2.24) is 15.1 Å². The van der Waals surface area contributed by atoms with Crippen LogP contribution in [-0.2, 0) is 9.53 Å². The zero-order chi connectivity index (χ0) is 15.9. The summed E-state index contributed by atoms with van der Waals surface area (Å²) in [4.78, 5) is 16.6. The van der Waals surface area contributed by atoms with E-state index in [0.717, 1.165) is 45.0 Å². The van der Waals surface area contributed by atoms with E-state index in [0.29, 0.717) is 19.8 Å². The Kier molecular flexibility index (Phi) is 5.85. The average molecular weight is 319 g/mol. The fourth-order valence-electron chi connectivity index (χ4n) is 2.93. The van der Waals surface area contributed by atoms with E-state index in [9.17, 15) is 4.79 Å². The van der Waals surface area contributed by atoms with Gasteiger partial charge in [0.1, 0.15) is 18.5 Å². The number of carbonyl (C=O) groups is 1. The molecule has 126 valence electrons. The number of ether oxygens (including phenoxy) is 2. The number of nitrogens with one attached hydrogen (secondary N) is 1. The van der Waals surface area contributed by atoms with E-state index in [1.165, 1.54) is 0 Å². The predicted octanol–water partition coefficient (Wildman–Crippen LogP) is 0.198. The lowest BCUT2D eigenvalue weighted by atomic mass is 10.2. The van der Waals surface area contributed by atoms with E-state index in [-0.39, 0.29) is 12.0 Å². The van der Waals surface area contributed by atoms with Gasteiger partial charge in [0.05, 0.1) is 6.61 Å². The molecule has 1 N–H and O–H groups in total. The Morgan fingerprint density at radius 3 is 2.70 bits per heavy atom. The van der Waals surface area contributed by atoms with Gasteiger partial charge in [-0.15, -0.1) is 0 Å². The highest BCUT2D eigenvalue weighted by Gasteiger charge is 2.29. The Bertz CT molecular complexity index is 483. The Morgan fingerprint density at radius 1 is 1.22 bits per heavy atom. The van der Waals surface area contributed by atoms with Crippen molar-refractivity contribution in [2.24, 2.45) is 0 Å². The van der Waals surface area contributed by atoms with Crippen molar-refractivity contribution >= 4 is 5.91 Å². The van der Waals surface area contributed by atoms with Gasteiger partial charge in [0.15, 0.2) is 0 Å². The number of amides is 1. The van der Waals surface area contributed by atoms with Crippen molar-refractivity contribution in [2.75, 3.05) is 59.0 Å². The van der Waals surface area contributed by atoms with Gasteiger partial charge in [-0.05, 0) is 12.1 Å². The van der Waals surface area contributed by atoms with Crippen molar-refractivity contribution < 1.29 is 14.3 Å². The molecule has 0 aliphatic carbocycles. The molecule has 2 aliphatic heterocycles. The molecule has 23 heavy (non-hydrogen) atoms. The van der Waals surface area contributed by atoms with Crippen LogP contribution in [0.25, 0.3) is 0 Å². The molecule has 6 nitrogen and oxygen atoms in total. The first kappa shape index (κ1) is 16.2. The smallest absolute Gasteiger partial charge is 0.253 e. The molecule has 2 saturated heterocycles. The molecule has 0 bridgehead atoms. The lowest BCUT2D eigenvalue weighted by Gasteiger charge is -2.37. The van der Waals surface area contributed by atoms with Gasteiger partial charge >= 0.3 is 0 Å². The summed E-state index contributed by atoms with van der Waals surface area (Å²) in [7, 11) is 0. The van der Waals surface area contributed by atoms with Crippen LogP contribution in [0.4, 0.5) is 0 Å². The summed E-state index contributed by atoms with van der Waals surface area (Å²) in [6, 6.07) is 9.86. The highest BCUT2D eigenvalue weighted by atomic mass is 16.5. The molecule has 1 aromatic rings. The molecule has 2 fully saturated rings. The minimum absolute atomic E-state index is 0.123. The van der Waals surface area contributed by atoms with Crippen LogP contribution < -0.4 is 10.1 Å². The third kappa shape index (κ3) is 4.67. The molecule has 6 heteroatoms. The van der Waals surface area contributed by atoms with E-state index < -0.39 is 0 Å². The number of rotatable bonds is 5. The molecule has 2 aliphatic rings. The van der Waals surface area contributed by atoms with Gasteiger partial charge in [-0.1, -0.05) is 18.2 Å². The van der Waals surface area contributed by atoms with Crippen LogP contribution >= 0.6 is 0 Å². The first-order chi connectivity index (χ1) is 11.3. The fourth-order valence-corrected chi connectivity index (χ4v) is 2.93. The van der Waals surface area contributed by atoms with Crippen LogP contribution in [0.2, 0.25) is 0 Å². The van der Waals surface area contributed by atoms with Crippen molar-refractivity contribution in [3.8, 4) is 5.75 Å². The van der Waals surface area contributed by atoms with Crippen molar-refractivity contribution in [1.29, 1.82) is 0 Å². The minimum atomic E-state index is -0.309. The largest absolute Gasteiger partial charge is 0.492 e. The second kappa shape index (κ2) is 8.29. The van der Waals surface area contributed by atoms with Crippen LogP contribution in [0.1, 0.15) is 0 Å². The number of hydrogen-bond acceptors (Lipinski definition) is 5. The molecule has 1 aromatic carbocycles. The van der Waals surface area contributed by atoms with Crippen LogP contribution in [-0.4, -0.2) is 80.8 Å². The van der Waals surface area contributed by atoms with Gasteiger partial charge in [0.2, 0.25) is 0 Å². The zero-order valence-electron chi connectivity index (χ0n) is 13.4. The van der Waals surface area contributed by atoms with Crippen LogP contribution in [0.15, 0.2) is 30.3 Å². The maximum absolute atomic E-state index is 12.4. The normalized spacial score (nSPS) is 22.8. The maximum Gasteiger partial charge on any atom is 0.253 e. The summed E-state index contributed by atoms with van der Waals surface area (Å²) in [5.41, 5.74) is 0. The third-order valence-corrected chi connectivity index (χ3v) is 4.31. The Morgan fingerprint density at radius 2 is 2.00 bits per heavy atom. The Balaban J connectivity index is 1.36. The third-order valence-electron chi connectivity index (χ3n) is 4.31. The van der Waals surface area contributed by atoms with E-state index in [4.69, 9.17) is 9.47 Å². The second-order valence-electron chi connectivity index (χ2n) is 5.89. The highest BCUT2D eigenvalue weighted by molar-refractivity contribution is 5.81. The fraction of sp³-hybridized carbons (Fsp3) is 0.588. The molecule has 1 amide bonds. The van der Waals surface area contributed by atoms with E-state index >= 15 is 0 Å². The molecule has 0 radical (unpaired) electrons. The number of piperazine rings is 1.